The summed E-state index contributed by atoms with van der Waals surface area (Å²) >= 11 is 0. The normalized spacial score (nSPS) is 29.0. The zero-order chi connectivity index (χ0) is 24.4. The summed E-state index contributed by atoms with van der Waals surface area (Å²) in [7, 11) is 0. The quantitative estimate of drug-likeness (QED) is 0.438. The highest BCUT2D eigenvalue weighted by Gasteiger charge is 2.58. The van der Waals surface area contributed by atoms with Gasteiger partial charge in [-0.1, -0.05) is 46.8 Å². The van der Waals surface area contributed by atoms with Gasteiger partial charge in [0.1, 0.15) is 6.04 Å². The fourth-order valence-electron chi connectivity index (χ4n) is 5.72. The zero-order valence-electron chi connectivity index (χ0n) is 21.0. The maximum absolute atomic E-state index is 13.7. The van der Waals surface area contributed by atoms with Crippen molar-refractivity contribution in [3.05, 3.63) is 12.2 Å². The van der Waals surface area contributed by atoms with Crippen LogP contribution >= 0.6 is 0 Å². The van der Waals surface area contributed by atoms with E-state index in [9.17, 15) is 19.5 Å². The van der Waals surface area contributed by atoms with Crippen LogP contribution in [0.1, 0.15) is 68.2 Å². The molecule has 182 valence electrons. The van der Waals surface area contributed by atoms with Crippen molar-refractivity contribution in [1.82, 2.24) is 10.2 Å². The topological polar surface area (TPSA) is 95.9 Å². The molecule has 7 heteroatoms. The minimum atomic E-state index is -0.774. The summed E-state index contributed by atoms with van der Waals surface area (Å²) in [6.45, 7) is 15.9. The number of allylic oxidation sites excluding steroid dienone is 1. The van der Waals surface area contributed by atoms with E-state index in [1.807, 2.05) is 39.8 Å². The van der Waals surface area contributed by atoms with Gasteiger partial charge >= 0.3 is 5.97 Å². The summed E-state index contributed by atoms with van der Waals surface area (Å²) in [4.78, 5) is 41.6. The molecule has 0 spiro atoms. The first-order valence-corrected chi connectivity index (χ1v) is 11.9. The van der Waals surface area contributed by atoms with Gasteiger partial charge in [0.05, 0.1) is 31.1 Å². The van der Waals surface area contributed by atoms with E-state index < -0.39 is 41.3 Å². The van der Waals surface area contributed by atoms with Crippen LogP contribution in [-0.2, 0) is 19.1 Å². The molecule has 32 heavy (non-hydrogen) atoms. The lowest BCUT2D eigenvalue weighted by molar-refractivity contribution is -0.155. The fourth-order valence-corrected chi connectivity index (χ4v) is 5.72. The van der Waals surface area contributed by atoms with Crippen LogP contribution in [0.4, 0.5) is 0 Å². The molecule has 2 amide bonds. The van der Waals surface area contributed by atoms with Crippen LogP contribution in [0.3, 0.4) is 0 Å². The molecule has 0 aromatic rings. The average Bonchev–Trinajstić information content (AvgIpc) is 2.93. The van der Waals surface area contributed by atoms with Crippen molar-refractivity contribution in [1.29, 1.82) is 0 Å². The number of esters is 1. The molecule has 7 nitrogen and oxygen atoms in total. The largest absolute Gasteiger partial charge is 0.466 e. The molecule has 1 heterocycles. The van der Waals surface area contributed by atoms with Crippen LogP contribution in [0.2, 0.25) is 0 Å². The predicted octanol–water partition coefficient (Wildman–Crippen LogP) is 2.92. The first-order chi connectivity index (χ1) is 14.8. The highest BCUT2D eigenvalue weighted by molar-refractivity contribution is 5.96. The van der Waals surface area contributed by atoms with Gasteiger partial charge < -0.3 is 20.1 Å². The zero-order valence-corrected chi connectivity index (χ0v) is 21.0. The van der Waals surface area contributed by atoms with Crippen molar-refractivity contribution in [2.75, 3.05) is 13.2 Å². The Labute approximate surface area is 192 Å². The second-order valence-electron chi connectivity index (χ2n) is 11.2. The van der Waals surface area contributed by atoms with E-state index in [2.05, 4.69) is 26.1 Å². The van der Waals surface area contributed by atoms with Gasteiger partial charge in [0.15, 0.2) is 0 Å². The van der Waals surface area contributed by atoms with E-state index in [1.54, 1.807) is 6.92 Å². The Morgan fingerprint density at radius 1 is 1.19 bits per heavy atom. The monoisotopic (exact) mass is 450 g/mol. The van der Waals surface area contributed by atoms with Gasteiger partial charge in [-0.15, -0.1) is 0 Å². The number of ether oxygens (including phenoxy) is 1. The van der Waals surface area contributed by atoms with E-state index >= 15 is 0 Å². The number of carbonyl (C=O) groups is 3. The van der Waals surface area contributed by atoms with Gasteiger partial charge in [-0.2, -0.15) is 0 Å². The number of rotatable bonds is 8. The van der Waals surface area contributed by atoms with Crippen LogP contribution in [-0.4, -0.2) is 58.6 Å². The molecular weight excluding hydrogens is 408 g/mol. The minimum absolute atomic E-state index is 0.0106. The predicted molar refractivity (Wildman–Crippen MR) is 123 cm³/mol. The highest BCUT2D eigenvalue weighted by atomic mass is 16.5. The third kappa shape index (κ3) is 5.53. The Balaban J connectivity index is 2.46. The number of hydrogen-bond acceptors (Lipinski definition) is 5. The van der Waals surface area contributed by atoms with E-state index in [0.717, 1.165) is 6.42 Å². The maximum Gasteiger partial charge on any atom is 0.310 e. The molecule has 0 unspecified atom stereocenters. The number of aliphatic hydroxyl groups excluding tert-OH is 1. The molecule has 0 bridgehead atoms. The number of amides is 2. The Morgan fingerprint density at radius 3 is 2.31 bits per heavy atom. The van der Waals surface area contributed by atoms with Crippen molar-refractivity contribution in [3.63, 3.8) is 0 Å². The molecule has 2 rings (SSSR count). The summed E-state index contributed by atoms with van der Waals surface area (Å²) in [5, 5.41) is 13.2. The van der Waals surface area contributed by atoms with Gasteiger partial charge in [0.25, 0.3) is 0 Å². The summed E-state index contributed by atoms with van der Waals surface area (Å²) in [6, 6.07) is -1.26. The van der Waals surface area contributed by atoms with Crippen LogP contribution in [0.5, 0.6) is 0 Å². The molecule has 0 aromatic carbocycles. The smallest absolute Gasteiger partial charge is 0.310 e. The third-order valence-electron chi connectivity index (χ3n) is 6.55. The number of likely N-dealkylation sites (tertiary alicyclic amines) is 1. The average molecular weight is 451 g/mol. The fraction of sp³-hybridized carbons (Fsp3) is 0.800. The molecule has 2 N–H and O–H groups in total. The second kappa shape index (κ2) is 9.94. The van der Waals surface area contributed by atoms with Gasteiger partial charge in [-0.05, 0) is 44.9 Å². The van der Waals surface area contributed by atoms with Gasteiger partial charge in [0, 0.05) is 11.5 Å². The van der Waals surface area contributed by atoms with Crippen LogP contribution in [0, 0.1) is 29.1 Å². The molecule has 1 saturated heterocycles. The number of hydrogen-bond donors (Lipinski definition) is 2. The van der Waals surface area contributed by atoms with Crippen LogP contribution < -0.4 is 5.32 Å². The molecule has 1 aliphatic carbocycles. The van der Waals surface area contributed by atoms with Crippen molar-refractivity contribution >= 4 is 17.8 Å². The SMILES string of the molecule is CCOC(=O)[C@H]1[C@@H]2C(=O)N([C@@H](CC)CO)[C@H](C(=O)NC(C)(C)CC(C)(C)C)[C@H]2C=C[C@H]1C. The van der Waals surface area contributed by atoms with Crippen LogP contribution in [0.15, 0.2) is 12.2 Å². The number of nitrogens with one attached hydrogen (secondary N) is 1. The van der Waals surface area contributed by atoms with E-state index in [1.165, 1.54) is 4.90 Å². The van der Waals surface area contributed by atoms with E-state index in [4.69, 9.17) is 4.74 Å². The van der Waals surface area contributed by atoms with Crippen molar-refractivity contribution in [3.8, 4) is 0 Å². The van der Waals surface area contributed by atoms with Crippen LogP contribution in [0.25, 0.3) is 0 Å². The number of nitrogens with zero attached hydrogens (tertiary/aromatic N) is 1. The lowest BCUT2D eigenvalue weighted by Gasteiger charge is -2.38. The Hall–Kier alpha value is -1.89. The number of fused-ring (bicyclic) bond motifs is 1. The van der Waals surface area contributed by atoms with Gasteiger partial charge in [-0.3, -0.25) is 14.4 Å². The molecule has 6 atom stereocenters. The molecule has 0 aromatic heterocycles. The number of carbonyl (C=O) groups excluding carboxylic acids is 3. The third-order valence-corrected chi connectivity index (χ3v) is 6.55. The molecular formula is C25H42N2O5. The molecule has 1 fully saturated rings. The van der Waals surface area contributed by atoms with Crippen molar-refractivity contribution in [2.24, 2.45) is 29.1 Å². The number of aliphatic hydroxyl groups is 1. The lowest BCUT2D eigenvalue weighted by Crippen LogP contribution is -2.56. The molecule has 1 aliphatic heterocycles. The minimum Gasteiger partial charge on any atom is -0.466 e. The summed E-state index contributed by atoms with van der Waals surface area (Å²) in [5.74, 6) is -2.83. The Kier molecular flexibility index (Phi) is 8.19. The van der Waals surface area contributed by atoms with E-state index in [-0.39, 0.29) is 36.4 Å². The highest BCUT2D eigenvalue weighted by Crippen LogP contribution is 2.45. The first-order valence-electron chi connectivity index (χ1n) is 11.9. The first kappa shape index (κ1) is 26.4. The Morgan fingerprint density at radius 2 is 1.81 bits per heavy atom. The van der Waals surface area contributed by atoms with Gasteiger partial charge in [0.2, 0.25) is 11.8 Å². The standard InChI is InChI=1S/C25H42N2O5/c1-9-16(13-28)27-20(21(29)26-25(7,8)14-24(4,5)6)17-12-11-15(3)18(19(17)22(27)30)23(31)32-10-2/h11-12,15-20,28H,9-10,13-14H2,1-8H3,(H,26,29)/t15-,16+,17+,18-,19-,20+/m1/s1. The summed E-state index contributed by atoms with van der Waals surface area (Å²) in [5.41, 5.74) is -0.466. The second-order valence-corrected chi connectivity index (χ2v) is 11.2. The molecule has 2 aliphatic rings. The maximum atomic E-state index is 13.7. The molecule has 0 saturated carbocycles. The summed E-state index contributed by atoms with van der Waals surface area (Å²) in [6.07, 6.45) is 5.10. The van der Waals surface area contributed by atoms with Gasteiger partial charge in [-0.25, -0.2) is 0 Å². The van der Waals surface area contributed by atoms with Crippen molar-refractivity contribution < 1.29 is 24.2 Å². The summed E-state index contributed by atoms with van der Waals surface area (Å²) < 4.78 is 5.29. The van der Waals surface area contributed by atoms with E-state index in [0.29, 0.717) is 6.42 Å². The van der Waals surface area contributed by atoms with Crippen molar-refractivity contribution in [2.45, 2.75) is 85.9 Å². The Bertz CT molecular complexity index is 735. The lowest BCUT2D eigenvalue weighted by atomic mass is 9.70. The molecule has 0 radical (unpaired) electrons.